The number of hydrogen-bond donors (Lipinski definition) is 0. The van der Waals surface area contributed by atoms with Gasteiger partial charge in [-0.05, 0) is 52.5 Å². The van der Waals surface area contributed by atoms with Gasteiger partial charge in [0.1, 0.15) is 0 Å². The predicted octanol–water partition coefficient (Wildman–Crippen LogP) is 5.03. The third-order valence-corrected chi connectivity index (χ3v) is 9.51. The fourth-order valence-corrected chi connectivity index (χ4v) is 7.44. The molecule has 0 spiro atoms. The maximum atomic E-state index is 2.26. The molecule has 0 saturated heterocycles. The molecule has 0 unspecified atom stereocenters. The number of benzene rings is 5. The second kappa shape index (κ2) is 11.8. The number of fused-ring (bicyclic) bond motifs is 3. The Morgan fingerprint density at radius 3 is 1.47 bits per heavy atom. The van der Waals surface area contributed by atoms with Crippen molar-refractivity contribution in [2.75, 3.05) is 0 Å². The monoisotopic (exact) mass is 506 g/mol. The van der Waals surface area contributed by atoms with E-state index in [9.17, 15) is 0 Å². The molecule has 0 bridgehead atoms. The summed E-state index contributed by atoms with van der Waals surface area (Å²) in [6, 6.07) is 47.8. The maximum Gasteiger partial charge on any atom is 3.00 e. The molecule has 0 saturated carbocycles. The summed E-state index contributed by atoms with van der Waals surface area (Å²) < 4.78 is 0. The molecule has 3 heteroatoms. The molecule has 0 amide bonds. The van der Waals surface area contributed by atoms with E-state index in [1.807, 2.05) is 0 Å². The smallest absolute Gasteiger partial charge is 1.00 e. The van der Waals surface area contributed by atoms with Crippen LogP contribution in [0.2, 0.25) is 0 Å². The van der Waals surface area contributed by atoms with Crippen LogP contribution in [-0.2, 0) is 32.3 Å². The summed E-state index contributed by atoms with van der Waals surface area (Å²) in [5, 5.41) is 5.75. The van der Waals surface area contributed by atoms with Gasteiger partial charge in [-0.2, -0.15) is 0 Å². The molecule has 166 valence electrons. The van der Waals surface area contributed by atoms with Crippen LogP contribution in [0, 0.1) is 0 Å². The van der Waals surface area contributed by atoms with Gasteiger partial charge in [-0.3, -0.25) is 0 Å². The summed E-state index contributed by atoms with van der Waals surface area (Å²) >= 11 is 0. The van der Waals surface area contributed by atoms with E-state index in [0.29, 0.717) is 0 Å². The Kier molecular flexibility index (Phi) is 8.62. The molecule has 34 heavy (non-hydrogen) atoms. The van der Waals surface area contributed by atoms with Crippen molar-refractivity contribution in [1.82, 2.24) is 0 Å². The fourth-order valence-electron chi connectivity index (χ4n) is 4.50. The quantitative estimate of drug-likeness (QED) is 0.233. The Balaban J connectivity index is 0.000000345. The second-order valence-electron chi connectivity index (χ2n) is 8.28. The zero-order valence-corrected chi connectivity index (χ0v) is 24.1. The molecule has 1 aliphatic carbocycles. The summed E-state index contributed by atoms with van der Waals surface area (Å²) in [6.45, 7) is 0. The van der Waals surface area contributed by atoms with Gasteiger partial charge in [0.05, 0.1) is 0 Å². The largest absolute Gasteiger partial charge is 3.00 e. The Hall–Kier alpha value is -2.38. The minimum absolute atomic E-state index is 0. The third kappa shape index (κ3) is 5.47. The third-order valence-electron chi connectivity index (χ3n) is 6.13. The predicted molar refractivity (Wildman–Crippen MR) is 153 cm³/mol. The van der Waals surface area contributed by atoms with Gasteiger partial charge in [0.25, 0.3) is 0 Å². The Labute approximate surface area is 230 Å². The Morgan fingerprint density at radius 2 is 0.941 bits per heavy atom. The van der Waals surface area contributed by atoms with Crippen LogP contribution < -0.4 is 21.1 Å². The van der Waals surface area contributed by atoms with E-state index in [4.69, 9.17) is 0 Å². The summed E-state index contributed by atoms with van der Waals surface area (Å²) in [5.41, 5.74) is 5.97. The van der Waals surface area contributed by atoms with Crippen molar-refractivity contribution in [3.05, 3.63) is 145 Å². The van der Waals surface area contributed by atoms with E-state index in [0.717, 1.165) is 16.7 Å². The van der Waals surface area contributed by atoms with Crippen molar-refractivity contribution in [3.8, 4) is 11.1 Å². The molecule has 0 heterocycles. The van der Waals surface area contributed by atoms with Crippen LogP contribution in [0.1, 0.15) is 15.4 Å². The molecule has 5 aromatic carbocycles. The average Bonchev–Trinajstić information content (AvgIpc) is 3.27. The van der Waals surface area contributed by atoms with Crippen molar-refractivity contribution >= 4 is 39.3 Å². The second-order valence-corrected chi connectivity index (χ2v) is 11.6. The molecule has 0 fully saturated rings. The molecule has 0 atom stereocenters. The van der Waals surface area contributed by atoms with Gasteiger partial charge in [0.2, 0.25) is 0 Å². The number of rotatable bonds is 3. The van der Waals surface area contributed by atoms with Crippen molar-refractivity contribution in [2.24, 2.45) is 0 Å². The van der Waals surface area contributed by atoms with Crippen LogP contribution in [0.15, 0.2) is 133 Å². The molecular formula is C31H30PScSi. The van der Waals surface area contributed by atoms with Crippen LogP contribution in [-0.4, -0.2) is 10.2 Å². The van der Waals surface area contributed by atoms with Gasteiger partial charge >= 0.3 is 25.8 Å². The molecule has 6 rings (SSSR count). The SMILES string of the molecule is [H-].[H-].[H-].[Sc+3].[SiH3]c1cccc2c1Cc1ccccc1-2.c1ccc(P(c2ccccc2)c2ccccc2)cc1. The van der Waals surface area contributed by atoms with Crippen molar-refractivity contribution in [2.45, 2.75) is 6.42 Å². The topological polar surface area (TPSA) is 0 Å². The normalized spacial score (nSPS) is 11.1. The van der Waals surface area contributed by atoms with Gasteiger partial charge in [-0.25, -0.2) is 0 Å². The van der Waals surface area contributed by atoms with Gasteiger partial charge < -0.3 is 4.28 Å². The van der Waals surface area contributed by atoms with Gasteiger partial charge in [-0.1, -0.05) is 139 Å². The van der Waals surface area contributed by atoms with Gasteiger partial charge in [0, 0.05) is 10.2 Å². The zero-order chi connectivity index (χ0) is 22.5. The fraction of sp³-hybridized carbons (Fsp3) is 0.0323. The summed E-state index contributed by atoms with van der Waals surface area (Å²) in [4.78, 5) is 0. The molecule has 0 aliphatic heterocycles. The van der Waals surface area contributed by atoms with Crippen LogP contribution in [0.5, 0.6) is 0 Å². The first kappa shape index (κ1) is 24.7. The first-order valence-corrected chi connectivity index (χ1v) is 13.8. The minimum Gasteiger partial charge on any atom is -1.00 e. The Bertz CT molecular complexity index is 1260. The van der Waals surface area contributed by atoms with Gasteiger partial charge in [0.15, 0.2) is 0 Å². The molecule has 0 nitrogen and oxygen atoms in total. The average molecular weight is 507 g/mol. The van der Waals surface area contributed by atoms with Crippen LogP contribution in [0.25, 0.3) is 11.1 Å². The molecule has 1 aliphatic rings. The standard InChI is InChI=1S/C18H15P.C13H12Si.Sc.3H/c1-4-10-16(11-5-1)19(17-12-6-2-7-13-17)18-14-8-3-9-15-18;14-13-7-3-6-11-10-5-2-1-4-9(10)8-12(11)13;;;;/h1-15H;1-7H,8H2,14H3;;;;/q;;+3;3*-1. The van der Waals surface area contributed by atoms with E-state index in [1.165, 1.54) is 32.6 Å². The van der Waals surface area contributed by atoms with E-state index >= 15 is 0 Å². The maximum absolute atomic E-state index is 2.26. The summed E-state index contributed by atoms with van der Waals surface area (Å²) in [5.74, 6) is 0. The summed E-state index contributed by atoms with van der Waals surface area (Å²) in [6.07, 6.45) is 1.14. The Morgan fingerprint density at radius 1 is 0.500 bits per heavy atom. The molecule has 5 aromatic rings. The van der Waals surface area contributed by atoms with Gasteiger partial charge in [-0.15, -0.1) is 0 Å². The first-order chi connectivity index (χ1) is 16.3. The number of hydrogen-bond acceptors (Lipinski definition) is 0. The molecule has 0 N–H and O–H groups in total. The minimum atomic E-state index is -0.446. The van der Waals surface area contributed by atoms with Crippen molar-refractivity contribution in [3.63, 3.8) is 0 Å². The van der Waals surface area contributed by atoms with E-state index in [2.05, 4.69) is 133 Å². The van der Waals surface area contributed by atoms with E-state index in [-0.39, 0.29) is 30.1 Å². The summed E-state index contributed by atoms with van der Waals surface area (Å²) in [7, 11) is 0.711. The van der Waals surface area contributed by atoms with Crippen LogP contribution in [0.3, 0.4) is 0 Å². The molecule has 0 radical (unpaired) electrons. The van der Waals surface area contributed by atoms with Crippen molar-refractivity contribution in [1.29, 1.82) is 0 Å². The first-order valence-electron chi connectivity index (χ1n) is 11.4. The van der Waals surface area contributed by atoms with Crippen LogP contribution >= 0.6 is 7.92 Å². The van der Waals surface area contributed by atoms with E-state index in [1.54, 1.807) is 10.8 Å². The van der Waals surface area contributed by atoms with Crippen LogP contribution in [0.4, 0.5) is 0 Å². The zero-order valence-electron chi connectivity index (χ0n) is 22.4. The van der Waals surface area contributed by atoms with E-state index < -0.39 is 7.92 Å². The molecular weight excluding hydrogens is 476 g/mol. The van der Waals surface area contributed by atoms with Crippen molar-refractivity contribution < 1.29 is 30.1 Å². The molecule has 0 aromatic heterocycles.